The predicted molar refractivity (Wildman–Crippen MR) is 120 cm³/mol. The summed E-state index contributed by atoms with van der Waals surface area (Å²) in [4.78, 5) is 27.6. The molecule has 0 spiro atoms. The number of carbonyl (C=O) groups excluding carboxylic acids is 2. The maximum atomic E-state index is 13.1. The van der Waals surface area contributed by atoms with Crippen molar-refractivity contribution in [3.8, 4) is 0 Å². The minimum absolute atomic E-state index is 0.0996. The van der Waals surface area contributed by atoms with Gasteiger partial charge in [-0.05, 0) is 54.2 Å². The van der Waals surface area contributed by atoms with Gasteiger partial charge in [0.1, 0.15) is 5.76 Å². The number of ketones is 1. The third kappa shape index (κ3) is 4.25. The number of Topliss-reactive ketones (excluding diaryl/α,β-unsaturated/α-hetero) is 1. The van der Waals surface area contributed by atoms with Gasteiger partial charge in [0.15, 0.2) is 0 Å². The lowest BCUT2D eigenvalue weighted by Crippen LogP contribution is -2.36. The molecule has 0 saturated carbocycles. The van der Waals surface area contributed by atoms with Crippen LogP contribution in [0.4, 0.5) is 0 Å². The van der Waals surface area contributed by atoms with Gasteiger partial charge in [0.05, 0.1) is 17.7 Å². The number of halogens is 1. The number of ether oxygens (including phenoxy) is 1. The Morgan fingerprint density at radius 1 is 1.13 bits per heavy atom. The van der Waals surface area contributed by atoms with E-state index >= 15 is 0 Å². The molecule has 2 aromatic rings. The Balaban J connectivity index is 1.80. The summed E-state index contributed by atoms with van der Waals surface area (Å²) in [5, 5.41) is 11.6. The number of carbonyl (C=O) groups is 2. The summed E-state index contributed by atoms with van der Waals surface area (Å²) in [6.07, 6.45) is 1.68. The molecule has 162 valence electrons. The van der Waals surface area contributed by atoms with Gasteiger partial charge in [-0.1, -0.05) is 49.7 Å². The van der Waals surface area contributed by atoms with E-state index in [4.69, 9.17) is 16.3 Å². The smallest absolute Gasteiger partial charge is 0.295 e. The van der Waals surface area contributed by atoms with Gasteiger partial charge in [0.2, 0.25) is 0 Å². The first-order valence-electron chi connectivity index (χ1n) is 10.6. The molecule has 31 heavy (non-hydrogen) atoms. The number of aliphatic hydroxyl groups excluding tert-OH is 1. The second kappa shape index (κ2) is 8.85. The molecule has 5 nitrogen and oxygen atoms in total. The lowest BCUT2D eigenvalue weighted by Gasteiger charge is -2.27. The number of benzene rings is 2. The summed E-state index contributed by atoms with van der Waals surface area (Å²) < 4.78 is 5.73. The number of hydrogen-bond donors (Lipinski definition) is 1. The van der Waals surface area contributed by atoms with Gasteiger partial charge in [-0.2, -0.15) is 0 Å². The fourth-order valence-electron chi connectivity index (χ4n) is 4.25. The van der Waals surface area contributed by atoms with E-state index in [9.17, 15) is 14.7 Å². The van der Waals surface area contributed by atoms with Crippen LogP contribution in [0, 0.1) is 0 Å². The van der Waals surface area contributed by atoms with E-state index in [1.54, 1.807) is 29.2 Å². The van der Waals surface area contributed by atoms with Gasteiger partial charge < -0.3 is 14.7 Å². The molecule has 0 aromatic heterocycles. The van der Waals surface area contributed by atoms with Crippen molar-refractivity contribution in [3.05, 3.63) is 75.8 Å². The third-order valence-electron chi connectivity index (χ3n) is 6.00. The molecule has 2 aromatic carbocycles. The summed E-state index contributed by atoms with van der Waals surface area (Å²) in [6.45, 7) is 5.20. The van der Waals surface area contributed by atoms with E-state index in [0.717, 1.165) is 24.0 Å². The molecular weight excluding hydrogens is 414 g/mol. The maximum absolute atomic E-state index is 13.1. The molecule has 0 radical (unpaired) electrons. The Kier molecular flexibility index (Phi) is 6.17. The van der Waals surface area contributed by atoms with Gasteiger partial charge in [-0.3, -0.25) is 9.59 Å². The second-order valence-electron chi connectivity index (χ2n) is 8.41. The van der Waals surface area contributed by atoms with Gasteiger partial charge in [0, 0.05) is 23.7 Å². The van der Waals surface area contributed by atoms with Crippen LogP contribution in [0.2, 0.25) is 5.02 Å². The second-order valence-corrected chi connectivity index (χ2v) is 8.85. The van der Waals surface area contributed by atoms with Crippen LogP contribution in [0.5, 0.6) is 0 Å². The van der Waals surface area contributed by atoms with Crippen molar-refractivity contribution in [1.29, 1.82) is 0 Å². The molecule has 2 atom stereocenters. The Morgan fingerprint density at radius 3 is 2.39 bits per heavy atom. The average Bonchev–Trinajstić information content (AvgIpc) is 3.36. The molecule has 2 saturated heterocycles. The SMILES string of the molecule is CC(C)c1ccc([C@H]2/C(=C(\O)c3ccc(Cl)cc3)C(=O)C(=O)N2C[C@@H]2CCCO2)cc1. The zero-order valence-corrected chi connectivity index (χ0v) is 18.4. The predicted octanol–water partition coefficient (Wildman–Crippen LogP) is 5.06. The fourth-order valence-corrected chi connectivity index (χ4v) is 4.38. The molecule has 2 fully saturated rings. The Bertz CT molecular complexity index is 1000. The molecule has 0 bridgehead atoms. The van der Waals surface area contributed by atoms with E-state index in [1.807, 2.05) is 24.3 Å². The summed E-state index contributed by atoms with van der Waals surface area (Å²) in [7, 11) is 0. The van der Waals surface area contributed by atoms with Crippen LogP contribution < -0.4 is 0 Å². The molecule has 0 unspecified atom stereocenters. The third-order valence-corrected chi connectivity index (χ3v) is 6.25. The van der Waals surface area contributed by atoms with Crippen LogP contribution in [0.3, 0.4) is 0 Å². The Hall–Kier alpha value is -2.63. The van der Waals surface area contributed by atoms with Crippen molar-refractivity contribution >= 4 is 29.1 Å². The molecule has 6 heteroatoms. The summed E-state index contributed by atoms with van der Waals surface area (Å²) in [5.74, 6) is -1.11. The van der Waals surface area contributed by atoms with E-state index in [2.05, 4.69) is 13.8 Å². The molecule has 2 aliphatic rings. The number of likely N-dealkylation sites (tertiary alicyclic amines) is 1. The van der Waals surface area contributed by atoms with Crippen molar-refractivity contribution in [2.75, 3.05) is 13.2 Å². The van der Waals surface area contributed by atoms with Crippen molar-refractivity contribution < 1.29 is 19.4 Å². The number of aliphatic hydroxyl groups is 1. The lowest BCUT2D eigenvalue weighted by atomic mass is 9.93. The number of nitrogens with zero attached hydrogens (tertiary/aromatic N) is 1. The van der Waals surface area contributed by atoms with E-state index < -0.39 is 17.7 Å². The van der Waals surface area contributed by atoms with Crippen LogP contribution >= 0.6 is 11.6 Å². The summed E-state index contributed by atoms with van der Waals surface area (Å²) in [6, 6.07) is 13.8. The Morgan fingerprint density at radius 2 is 1.81 bits per heavy atom. The monoisotopic (exact) mass is 439 g/mol. The number of hydrogen-bond acceptors (Lipinski definition) is 4. The molecule has 2 aliphatic heterocycles. The van der Waals surface area contributed by atoms with E-state index in [0.29, 0.717) is 29.7 Å². The molecule has 1 N–H and O–H groups in total. The van der Waals surface area contributed by atoms with Gasteiger partial charge in [-0.25, -0.2) is 0 Å². The minimum atomic E-state index is -0.677. The van der Waals surface area contributed by atoms with Crippen LogP contribution in [0.1, 0.15) is 55.3 Å². The van der Waals surface area contributed by atoms with Crippen LogP contribution in [0.15, 0.2) is 54.1 Å². The van der Waals surface area contributed by atoms with Gasteiger partial charge >= 0.3 is 0 Å². The number of amides is 1. The number of rotatable bonds is 5. The zero-order valence-electron chi connectivity index (χ0n) is 17.7. The first kappa shape index (κ1) is 21.6. The van der Waals surface area contributed by atoms with Crippen molar-refractivity contribution in [3.63, 3.8) is 0 Å². The molecular formula is C25H26ClNO4. The van der Waals surface area contributed by atoms with Crippen LogP contribution in [-0.4, -0.2) is 41.0 Å². The maximum Gasteiger partial charge on any atom is 0.295 e. The normalized spacial score (nSPS) is 23.2. The molecule has 0 aliphatic carbocycles. The minimum Gasteiger partial charge on any atom is -0.507 e. The first-order chi connectivity index (χ1) is 14.9. The highest BCUT2D eigenvalue weighted by Crippen LogP contribution is 2.40. The first-order valence-corrected chi connectivity index (χ1v) is 11.0. The molecule has 2 heterocycles. The van der Waals surface area contributed by atoms with Crippen molar-refractivity contribution in [2.24, 2.45) is 0 Å². The quantitative estimate of drug-likeness (QED) is 0.401. The summed E-state index contributed by atoms with van der Waals surface area (Å²) >= 11 is 5.97. The highest BCUT2D eigenvalue weighted by molar-refractivity contribution is 6.46. The van der Waals surface area contributed by atoms with Gasteiger partial charge in [0.25, 0.3) is 11.7 Å². The zero-order chi connectivity index (χ0) is 22.1. The topological polar surface area (TPSA) is 66.8 Å². The van der Waals surface area contributed by atoms with Crippen molar-refractivity contribution in [2.45, 2.75) is 44.8 Å². The fraction of sp³-hybridized carbons (Fsp3) is 0.360. The van der Waals surface area contributed by atoms with E-state index in [-0.39, 0.29) is 17.4 Å². The average molecular weight is 440 g/mol. The largest absolute Gasteiger partial charge is 0.507 e. The standard InChI is InChI=1S/C25H26ClNO4/c1-15(2)16-5-7-17(8-6-16)22-21(23(28)18-9-11-19(26)12-10-18)24(29)25(30)27(22)14-20-4-3-13-31-20/h5-12,15,20,22,28H,3-4,13-14H2,1-2H3/b23-21+/t20-,22-/m0/s1. The van der Waals surface area contributed by atoms with E-state index in [1.165, 1.54) is 0 Å². The summed E-state index contributed by atoms with van der Waals surface area (Å²) in [5.41, 5.74) is 2.50. The van der Waals surface area contributed by atoms with Crippen molar-refractivity contribution in [1.82, 2.24) is 4.90 Å². The highest BCUT2D eigenvalue weighted by Gasteiger charge is 2.47. The highest BCUT2D eigenvalue weighted by atomic mass is 35.5. The Labute approximate surface area is 187 Å². The van der Waals surface area contributed by atoms with Crippen LogP contribution in [-0.2, 0) is 14.3 Å². The van der Waals surface area contributed by atoms with Gasteiger partial charge in [-0.15, -0.1) is 0 Å². The van der Waals surface area contributed by atoms with Crippen LogP contribution in [0.25, 0.3) is 5.76 Å². The molecule has 1 amide bonds. The molecule has 4 rings (SSSR count). The lowest BCUT2D eigenvalue weighted by molar-refractivity contribution is -0.140.